The number of aromatic nitrogens is 2. The molecule has 0 aliphatic rings. The summed E-state index contributed by atoms with van der Waals surface area (Å²) < 4.78 is 0. The lowest BCUT2D eigenvalue weighted by molar-refractivity contribution is 1.12. The average molecular weight is 142 g/mol. The number of hydrogen-bond acceptors (Lipinski definition) is 2. The predicted molar refractivity (Wildman–Crippen MR) is 36.1 cm³/mol. The molecule has 0 spiro atoms. The fraction of sp³-hybridized carbons (Fsp3) is 0.167. The minimum absolute atomic E-state index is 0.431. The molecule has 0 fully saturated rings. The topological polar surface area (TPSA) is 25.8 Å². The van der Waals surface area contributed by atoms with Crippen molar-refractivity contribution < 1.29 is 0 Å². The van der Waals surface area contributed by atoms with Gasteiger partial charge in [-0.25, -0.2) is 4.98 Å². The monoisotopic (exact) mass is 141 g/mol. The van der Waals surface area contributed by atoms with Gasteiger partial charge in [-0.1, -0.05) is 18.5 Å². The number of rotatable bonds is 1. The quantitative estimate of drug-likeness (QED) is 0.595. The maximum Gasteiger partial charge on any atom is 0.147 e. The largest absolute Gasteiger partial charge is 0.256 e. The van der Waals surface area contributed by atoms with Gasteiger partial charge in [-0.05, 0) is 0 Å². The zero-order chi connectivity index (χ0) is 6.69. The van der Waals surface area contributed by atoms with E-state index >= 15 is 0 Å². The lowest BCUT2D eigenvalue weighted by Crippen LogP contribution is -1.84. The highest BCUT2D eigenvalue weighted by molar-refractivity contribution is 6.29. The lowest BCUT2D eigenvalue weighted by Gasteiger charge is -1.91. The highest BCUT2D eigenvalue weighted by Gasteiger charge is 1.89. The fourth-order valence-electron chi connectivity index (χ4n) is 0.471. The van der Waals surface area contributed by atoms with Gasteiger partial charge in [0, 0.05) is 6.42 Å². The maximum atomic E-state index is 5.48. The molecule has 0 unspecified atom stereocenters. The van der Waals surface area contributed by atoms with Gasteiger partial charge in [0.05, 0.1) is 18.1 Å². The molecule has 1 aromatic rings. The zero-order valence-electron chi connectivity index (χ0n) is 5.00. The predicted octanol–water partition coefficient (Wildman–Crippen LogP) is 1.70. The highest BCUT2D eigenvalue weighted by Crippen LogP contribution is 2.01. The second kappa shape index (κ2) is 2.78. The van der Waals surface area contributed by atoms with E-state index in [1.165, 1.54) is 6.20 Å². The minimum Gasteiger partial charge on any atom is -0.256 e. The molecule has 1 radical (unpaired) electrons. The molecule has 0 N–H and O–H groups in total. The molecule has 0 atom stereocenters. The molecular formula is C6H6ClN2. The first-order chi connectivity index (χ1) is 4.33. The molecule has 47 valence electrons. The van der Waals surface area contributed by atoms with E-state index in [-0.39, 0.29) is 0 Å². The normalized spacial score (nSPS) is 9.56. The van der Waals surface area contributed by atoms with Gasteiger partial charge in [-0.3, -0.25) is 4.98 Å². The van der Waals surface area contributed by atoms with E-state index in [4.69, 9.17) is 11.6 Å². The smallest absolute Gasteiger partial charge is 0.147 e. The van der Waals surface area contributed by atoms with Gasteiger partial charge in [-0.2, -0.15) is 0 Å². The SMILES string of the molecule is C[CH]c1cnc(Cl)cn1. The van der Waals surface area contributed by atoms with E-state index < -0.39 is 0 Å². The summed E-state index contributed by atoms with van der Waals surface area (Å²) in [6, 6.07) is 0. The maximum absolute atomic E-state index is 5.48. The molecule has 1 aromatic heterocycles. The van der Waals surface area contributed by atoms with Crippen molar-refractivity contribution in [3.8, 4) is 0 Å². The Hall–Kier alpha value is -0.630. The van der Waals surface area contributed by atoms with Crippen LogP contribution < -0.4 is 0 Å². The van der Waals surface area contributed by atoms with Gasteiger partial charge >= 0.3 is 0 Å². The molecule has 1 heterocycles. The van der Waals surface area contributed by atoms with Gasteiger partial charge in [-0.15, -0.1) is 0 Å². The molecule has 2 nitrogen and oxygen atoms in total. The van der Waals surface area contributed by atoms with Gasteiger partial charge in [0.1, 0.15) is 5.15 Å². The molecule has 1 rings (SSSR count). The van der Waals surface area contributed by atoms with E-state index in [9.17, 15) is 0 Å². The fourth-order valence-corrected chi connectivity index (χ4v) is 0.569. The molecule has 0 bridgehead atoms. The van der Waals surface area contributed by atoms with Crippen molar-refractivity contribution in [2.75, 3.05) is 0 Å². The summed E-state index contributed by atoms with van der Waals surface area (Å²) in [6.45, 7) is 1.90. The van der Waals surface area contributed by atoms with E-state index in [1.807, 2.05) is 13.3 Å². The molecular weight excluding hydrogens is 136 g/mol. The number of halogens is 1. The lowest BCUT2D eigenvalue weighted by atomic mass is 10.4. The summed E-state index contributed by atoms with van der Waals surface area (Å²) in [5, 5.41) is 0.431. The van der Waals surface area contributed by atoms with Crippen molar-refractivity contribution in [3.05, 3.63) is 29.7 Å². The van der Waals surface area contributed by atoms with Crippen LogP contribution in [-0.2, 0) is 0 Å². The molecule has 0 aliphatic heterocycles. The first-order valence-electron chi connectivity index (χ1n) is 2.60. The molecule has 0 aromatic carbocycles. The second-order valence-electron chi connectivity index (χ2n) is 1.55. The Labute approximate surface area is 58.9 Å². The Balaban J connectivity index is 2.88. The molecule has 0 aliphatic carbocycles. The molecule has 9 heavy (non-hydrogen) atoms. The van der Waals surface area contributed by atoms with Crippen LogP contribution in [0.4, 0.5) is 0 Å². The van der Waals surface area contributed by atoms with E-state index in [2.05, 4.69) is 9.97 Å². The minimum atomic E-state index is 0.431. The van der Waals surface area contributed by atoms with E-state index in [1.54, 1.807) is 6.20 Å². The summed E-state index contributed by atoms with van der Waals surface area (Å²) >= 11 is 5.48. The summed E-state index contributed by atoms with van der Waals surface area (Å²) in [6.07, 6.45) is 5.02. The zero-order valence-corrected chi connectivity index (χ0v) is 5.76. The third-order valence-electron chi connectivity index (χ3n) is 0.936. The average Bonchev–Trinajstić information content (AvgIpc) is 1.90. The summed E-state index contributed by atoms with van der Waals surface area (Å²) in [4.78, 5) is 7.77. The van der Waals surface area contributed by atoms with Crippen molar-refractivity contribution in [3.63, 3.8) is 0 Å². The molecule has 0 amide bonds. The van der Waals surface area contributed by atoms with Gasteiger partial charge < -0.3 is 0 Å². The third-order valence-corrected chi connectivity index (χ3v) is 1.13. The van der Waals surface area contributed by atoms with Gasteiger partial charge in [0.15, 0.2) is 0 Å². The van der Waals surface area contributed by atoms with Gasteiger partial charge in [0.2, 0.25) is 0 Å². The highest BCUT2D eigenvalue weighted by atomic mass is 35.5. The van der Waals surface area contributed by atoms with E-state index in [0.29, 0.717) is 5.15 Å². The Kier molecular flexibility index (Phi) is 2.01. The molecule has 3 heteroatoms. The van der Waals surface area contributed by atoms with Crippen molar-refractivity contribution >= 4 is 11.6 Å². The molecule has 0 saturated heterocycles. The number of hydrogen-bond donors (Lipinski definition) is 0. The Bertz CT molecular complexity index is 183. The standard InChI is InChI=1S/C6H6ClN2/c1-2-5-3-9-6(7)4-8-5/h2-4H,1H3. The van der Waals surface area contributed by atoms with Crippen LogP contribution in [0.25, 0.3) is 0 Å². The first kappa shape index (κ1) is 6.49. The van der Waals surface area contributed by atoms with Crippen LogP contribution in [-0.4, -0.2) is 9.97 Å². The summed E-state index contributed by atoms with van der Waals surface area (Å²) in [5.41, 5.74) is 0.847. The van der Waals surface area contributed by atoms with Crippen LogP contribution >= 0.6 is 11.6 Å². The van der Waals surface area contributed by atoms with Crippen molar-refractivity contribution in [2.24, 2.45) is 0 Å². The van der Waals surface area contributed by atoms with Crippen molar-refractivity contribution in [1.29, 1.82) is 0 Å². The second-order valence-corrected chi connectivity index (χ2v) is 1.94. The molecule has 0 saturated carbocycles. The van der Waals surface area contributed by atoms with Crippen LogP contribution in [0.1, 0.15) is 12.6 Å². The van der Waals surface area contributed by atoms with Crippen LogP contribution in [0.2, 0.25) is 5.15 Å². The number of nitrogens with zero attached hydrogens (tertiary/aromatic N) is 2. The van der Waals surface area contributed by atoms with Crippen molar-refractivity contribution in [2.45, 2.75) is 6.92 Å². The van der Waals surface area contributed by atoms with E-state index in [0.717, 1.165) is 5.69 Å². The first-order valence-corrected chi connectivity index (χ1v) is 2.97. The van der Waals surface area contributed by atoms with Crippen LogP contribution in [0.3, 0.4) is 0 Å². The summed E-state index contributed by atoms with van der Waals surface area (Å²) in [7, 11) is 0. The van der Waals surface area contributed by atoms with Crippen molar-refractivity contribution in [1.82, 2.24) is 9.97 Å². The Morgan fingerprint density at radius 2 is 2.22 bits per heavy atom. The Morgan fingerprint density at radius 3 is 2.67 bits per heavy atom. The summed E-state index contributed by atoms with van der Waals surface area (Å²) in [5.74, 6) is 0. The van der Waals surface area contributed by atoms with Gasteiger partial charge in [0.25, 0.3) is 0 Å². The third kappa shape index (κ3) is 1.64. The van der Waals surface area contributed by atoms with Crippen LogP contribution in [0, 0.1) is 6.42 Å². The Morgan fingerprint density at radius 1 is 1.44 bits per heavy atom. The van der Waals surface area contributed by atoms with Crippen LogP contribution in [0.15, 0.2) is 12.4 Å². The van der Waals surface area contributed by atoms with Crippen LogP contribution in [0.5, 0.6) is 0 Å².